The molecule has 2 N–H and O–H groups in total. The predicted octanol–water partition coefficient (Wildman–Crippen LogP) is 2.85. The highest BCUT2D eigenvalue weighted by Crippen LogP contribution is 2.31. The summed E-state index contributed by atoms with van der Waals surface area (Å²) in [7, 11) is 0. The monoisotopic (exact) mass is 442 g/mol. The lowest BCUT2D eigenvalue weighted by Crippen LogP contribution is -2.46. The molecule has 0 amide bonds. The normalized spacial score (nSPS) is 14.5. The largest absolute Gasteiger partial charge is 0.368 e. The summed E-state index contributed by atoms with van der Waals surface area (Å²) < 4.78 is 0. The highest BCUT2D eigenvalue weighted by molar-refractivity contribution is 5.78. The first-order valence-electron chi connectivity index (χ1n) is 11.0. The molecule has 1 saturated heterocycles. The molecule has 1 fully saturated rings. The minimum absolute atomic E-state index is 0.0879. The molecule has 5 rings (SSSR count). The molecule has 1 aliphatic heterocycles. The minimum Gasteiger partial charge on any atom is -0.368 e. The summed E-state index contributed by atoms with van der Waals surface area (Å²) in [5, 5.41) is 15.3. The average molecular weight is 443 g/mol. The van der Waals surface area contributed by atoms with Crippen LogP contribution >= 0.6 is 0 Å². The van der Waals surface area contributed by atoms with Gasteiger partial charge < -0.3 is 9.88 Å². The van der Waals surface area contributed by atoms with Crippen LogP contribution in [0.5, 0.6) is 0 Å². The number of hydrogen-bond donors (Lipinski definition) is 2. The Morgan fingerprint density at radius 3 is 2.67 bits per heavy atom. The quantitative estimate of drug-likeness (QED) is 0.489. The van der Waals surface area contributed by atoms with E-state index in [1.54, 1.807) is 6.07 Å². The number of para-hydroxylation sites is 1. The third-order valence-electron chi connectivity index (χ3n) is 5.81. The van der Waals surface area contributed by atoms with Crippen molar-refractivity contribution in [2.45, 2.75) is 20.4 Å². The first-order valence-corrected chi connectivity index (χ1v) is 11.0. The smallest absolute Gasteiger partial charge is 0.258 e. The Hall–Kier alpha value is -3.85. The number of H-pyrrole nitrogens is 2. The number of piperazine rings is 1. The van der Waals surface area contributed by atoms with Crippen LogP contribution < -0.4 is 10.5 Å². The zero-order valence-corrected chi connectivity index (χ0v) is 18.7. The van der Waals surface area contributed by atoms with E-state index in [1.807, 2.05) is 18.2 Å². The van der Waals surface area contributed by atoms with Gasteiger partial charge in [-0.1, -0.05) is 29.8 Å². The summed E-state index contributed by atoms with van der Waals surface area (Å²) in [6.45, 7) is 8.21. The Labute approximate surface area is 191 Å². The van der Waals surface area contributed by atoms with E-state index in [-0.39, 0.29) is 5.56 Å². The zero-order chi connectivity index (χ0) is 22.8. The number of benzene rings is 2. The first kappa shape index (κ1) is 21.0. The van der Waals surface area contributed by atoms with Crippen LogP contribution in [0, 0.1) is 0 Å². The molecular formula is C24H26N8O. The summed E-state index contributed by atoms with van der Waals surface area (Å²) in [4.78, 5) is 24.7. The fourth-order valence-electron chi connectivity index (χ4n) is 4.27. The van der Waals surface area contributed by atoms with E-state index >= 15 is 0 Å². The number of nitrogens with one attached hydrogen (secondary N) is 2. The molecule has 0 radical (unpaired) electrons. The molecule has 0 atom stereocenters. The van der Waals surface area contributed by atoms with E-state index in [0.717, 1.165) is 48.5 Å². The second-order valence-electron chi connectivity index (χ2n) is 8.53. The minimum atomic E-state index is -0.0879. The number of aromatic nitrogens is 6. The average Bonchev–Trinajstić information content (AvgIpc) is 3.34. The fourth-order valence-corrected chi connectivity index (χ4v) is 4.27. The van der Waals surface area contributed by atoms with E-state index in [9.17, 15) is 4.79 Å². The van der Waals surface area contributed by atoms with Crippen molar-refractivity contribution in [2.24, 2.45) is 0 Å². The van der Waals surface area contributed by atoms with Crippen LogP contribution in [0.3, 0.4) is 0 Å². The van der Waals surface area contributed by atoms with Crippen LogP contribution in [0.25, 0.3) is 28.4 Å². The third kappa shape index (κ3) is 4.54. The highest BCUT2D eigenvalue weighted by Gasteiger charge is 2.22. The lowest BCUT2D eigenvalue weighted by molar-refractivity contribution is 0.244. The molecule has 0 saturated carbocycles. The fraction of sp³-hybridized carbons (Fsp3) is 0.292. The van der Waals surface area contributed by atoms with Crippen molar-refractivity contribution in [3.63, 3.8) is 0 Å². The van der Waals surface area contributed by atoms with Gasteiger partial charge in [0.25, 0.3) is 5.56 Å². The third-order valence-corrected chi connectivity index (χ3v) is 5.81. The van der Waals surface area contributed by atoms with Crippen molar-refractivity contribution >= 4 is 22.7 Å². The number of aromatic amines is 2. The van der Waals surface area contributed by atoms with Gasteiger partial charge in [-0.3, -0.25) is 9.69 Å². The molecule has 1 aliphatic rings. The van der Waals surface area contributed by atoms with Crippen molar-refractivity contribution in [1.29, 1.82) is 0 Å². The number of allylic oxidation sites excluding steroid dienone is 1. The van der Waals surface area contributed by atoms with Gasteiger partial charge >= 0.3 is 0 Å². The van der Waals surface area contributed by atoms with Crippen molar-refractivity contribution < 1.29 is 0 Å². The Morgan fingerprint density at radius 2 is 1.91 bits per heavy atom. The van der Waals surface area contributed by atoms with Crippen molar-refractivity contribution in [2.75, 3.05) is 31.1 Å². The Kier molecular flexibility index (Phi) is 5.70. The number of nitrogens with zero attached hydrogens (tertiary/aromatic N) is 6. The van der Waals surface area contributed by atoms with E-state index < -0.39 is 0 Å². The van der Waals surface area contributed by atoms with Gasteiger partial charge in [-0.05, 0) is 48.9 Å². The molecule has 2 aromatic heterocycles. The summed E-state index contributed by atoms with van der Waals surface area (Å²) >= 11 is 0. The number of hydrogen-bond acceptors (Lipinski definition) is 7. The van der Waals surface area contributed by atoms with E-state index in [1.165, 1.54) is 5.57 Å². The molecule has 0 bridgehead atoms. The predicted molar refractivity (Wildman–Crippen MR) is 129 cm³/mol. The van der Waals surface area contributed by atoms with Gasteiger partial charge in [-0.2, -0.15) is 5.21 Å². The van der Waals surface area contributed by atoms with Crippen LogP contribution in [-0.4, -0.2) is 61.7 Å². The molecule has 4 aromatic rings. The molecular weight excluding hydrogens is 416 g/mol. The molecule has 9 nitrogen and oxygen atoms in total. The number of rotatable bonds is 5. The second kappa shape index (κ2) is 8.95. The lowest BCUT2D eigenvalue weighted by atomic mass is 10.0. The number of fused-ring (bicyclic) bond motifs is 1. The zero-order valence-electron chi connectivity index (χ0n) is 18.7. The van der Waals surface area contributed by atoms with Crippen molar-refractivity contribution in [3.05, 3.63) is 69.8 Å². The van der Waals surface area contributed by atoms with E-state index in [4.69, 9.17) is 0 Å². The Bertz CT molecular complexity index is 1350. The van der Waals surface area contributed by atoms with E-state index in [2.05, 4.69) is 78.5 Å². The van der Waals surface area contributed by atoms with Crippen LogP contribution in [0.15, 0.2) is 52.8 Å². The molecule has 168 valence electrons. The molecule has 2 aromatic carbocycles. The SMILES string of the molecule is CC(C)=Cc1ccc(-c2nn[nH]n2)c(N2CCN(Cc3nc4ccccc4c(=O)[nH]3)CC2)c1. The van der Waals surface area contributed by atoms with Gasteiger partial charge in [0.15, 0.2) is 0 Å². The maximum Gasteiger partial charge on any atom is 0.258 e. The van der Waals surface area contributed by atoms with Crippen molar-refractivity contribution in [3.8, 4) is 11.4 Å². The summed E-state index contributed by atoms with van der Waals surface area (Å²) in [6, 6.07) is 13.8. The van der Waals surface area contributed by atoms with Gasteiger partial charge in [0, 0.05) is 37.4 Å². The molecule has 3 heterocycles. The number of anilines is 1. The van der Waals surface area contributed by atoms with Gasteiger partial charge in [0.1, 0.15) is 5.82 Å². The van der Waals surface area contributed by atoms with Crippen LogP contribution in [0.4, 0.5) is 5.69 Å². The first-order chi connectivity index (χ1) is 16.1. The standard InChI is InChI=1S/C24H26N8O/c1-16(2)13-17-7-8-19(23-27-29-30-28-23)21(14-17)32-11-9-31(10-12-32)15-22-25-20-6-4-3-5-18(20)24(33)26-22/h3-8,13-14H,9-12,15H2,1-2H3,(H,25,26,33)(H,27,28,29,30). The van der Waals surface area contributed by atoms with Crippen molar-refractivity contribution in [1.82, 2.24) is 35.5 Å². The van der Waals surface area contributed by atoms with Crippen LogP contribution in [-0.2, 0) is 6.54 Å². The lowest BCUT2D eigenvalue weighted by Gasteiger charge is -2.36. The maximum atomic E-state index is 12.4. The number of tetrazole rings is 1. The Morgan fingerprint density at radius 1 is 1.09 bits per heavy atom. The maximum absolute atomic E-state index is 12.4. The van der Waals surface area contributed by atoms with Gasteiger partial charge in [-0.25, -0.2) is 4.98 Å². The van der Waals surface area contributed by atoms with Crippen LogP contribution in [0.2, 0.25) is 0 Å². The molecule has 0 aliphatic carbocycles. The molecule has 33 heavy (non-hydrogen) atoms. The topological polar surface area (TPSA) is 107 Å². The van der Waals surface area contributed by atoms with Gasteiger partial charge in [0.05, 0.1) is 17.4 Å². The summed E-state index contributed by atoms with van der Waals surface area (Å²) in [5.41, 5.74) is 5.10. The molecule has 0 spiro atoms. The van der Waals surface area contributed by atoms with Gasteiger partial charge in [0.2, 0.25) is 5.82 Å². The second-order valence-corrected chi connectivity index (χ2v) is 8.53. The Balaban J connectivity index is 1.35. The summed E-state index contributed by atoms with van der Waals surface area (Å²) in [5.74, 6) is 1.29. The van der Waals surface area contributed by atoms with Crippen LogP contribution in [0.1, 0.15) is 25.2 Å². The molecule has 0 unspecified atom stereocenters. The summed E-state index contributed by atoms with van der Waals surface area (Å²) in [6.07, 6.45) is 2.17. The molecule has 9 heteroatoms. The van der Waals surface area contributed by atoms with Gasteiger partial charge in [-0.15, -0.1) is 10.2 Å². The van der Waals surface area contributed by atoms with E-state index in [0.29, 0.717) is 23.6 Å². The highest BCUT2D eigenvalue weighted by atomic mass is 16.1.